The first kappa shape index (κ1) is 17.2. The predicted octanol–water partition coefficient (Wildman–Crippen LogP) is 0.536. The van der Waals surface area contributed by atoms with Gasteiger partial charge in [-0.2, -0.15) is 8.42 Å². The molecule has 126 valence electrons. The van der Waals surface area contributed by atoms with Crippen molar-refractivity contribution in [3.05, 3.63) is 29.8 Å². The summed E-state index contributed by atoms with van der Waals surface area (Å²) in [5.41, 5.74) is 0.601. The number of rotatable bonds is 6. The average Bonchev–Trinajstić information content (AvgIpc) is 2.76. The first-order chi connectivity index (χ1) is 10.7. The number of likely N-dealkylation sites (tertiary alicyclic amines) is 1. The standard InChI is InChI=1S/C14H16FNO6S/c15-23(21,22)8-10-6-13(18)16(7-10)12(14(19)20)5-9-1-3-11(17)4-2-9/h1-4,10,12,17H,5-8H2,(H,19,20)/t10?,12-/m0/s1. The molecular weight excluding hydrogens is 329 g/mol. The topological polar surface area (TPSA) is 112 Å². The molecule has 1 aliphatic heterocycles. The lowest BCUT2D eigenvalue weighted by molar-refractivity contribution is -0.148. The molecule has 0 aromatic heterocycles. The van der Waals surface area contributed by atoms with Crippen molar-refractivity contribution in [1.82, 2.24) is 4.90 Å². The summed E-state index contributed by atoms with van der Waals surface area (Å²) in [5, 5.41) is 18.6. The van der Waals surface area contributed by atoms with Crippen molar-refractivity contribution in [2.75, 3.05) is 12.3 Å². The van der Waals surface area contributed by atoms with Crippen LogP contribution in [0.15, 0.2) is 24.3 Å². The number of amides is 1. The maximum atomic E-state index is 12.7. The molecule has 0 bridgehead atoms. The lowest BCUT2D eigenvalue weighted by atomic mass is 10.0. The van der Waals surface area contributed by atoms with Gasteiger partial charge in [-0.25, -0.2) is 4.79 Å². The van der Waals surface area contributed by atoms with Gasteiger partial charge >= 0.3 is 16.2 Å². The van der Waals surface area contributed by atoms with Crippen molar-refractivity contribution < 1.29 is 32.1 Å². The minimum Gasteiger partial charge on any atom is -0.508 e. The molecule has 1 heterocycles. The molecule has 2 rings (SSSR count). The van der Waals surface area contributed by atoms with Crippen molar-refractivity contribution in [2.24, 2.45) is 5.92 Å². The van der Waals surface area contributed by atoms with E-state index < -0.39 is 39.8 Å². The number of carboxylic acid groups (broad SMARTS) is 1. The summed E-state index contributed by atoms with van der Waals surface area (Å²) in [4.78, 5) is 24.5. The van der Waals surface area contributed by atoms with E-state index in [1.54, 1.807) is 0 Å². The lowest BCUT2D eigenvalue weighted by Gasteiger charge is -2.24. The Kier molecular flexibility index (Phi) is 4.88. The van der Waals surface area contributed by atoms with Gasteiger partial charge in [0.05, 0.1) is 5.75 Å². The normalized spacial score (nSPS) is 19.8. The molecule has 0 saturated carbocycles. The highest BCUT2D eigenvalue weighted by atomic mass is 32.3. The van der Waals surface area contributed by atoms with E-state index in [2.05, 4.69) is 0 Å². The Morgan fingerprint density at radius 1 is 1.35 bits per heavy atom. The number of benzene rings is 1. The number of aromatic hydroxyl groups is 1. The lowest BCUT2D eigenvalue weighted by Crippen LogP contribution is -2.43. The Bertz CT molecular complexity index is 702. The Balaban J connectivity index is 2.13. The van der Waals surface area contributed by atoms with Crippen LogP contribution < -0.4 is 0 Å². The van der Waals surface area contributed by atoms with E-state index >= 15 is 0 Å². The average molecular weight is 345 g/mol. The molecular formula is C14H16FNO6S. The van der Waals surface area contributed by atoms with Gasteiger partial charge < -0.3 is 15.1 Å². The number of nitrogens with zero attached hydrogens (tertiary/aromatic N) is 1. The third kappa shape index (κ3) is 4.65. The molecule has 2 N–H and O–H groups in total. The molecule has 1 aromatic carbocycles. The number of hydrogen-bond acceptors (Lipinski definition) is 5. The Hall–Kier alpha value is -2.16. The van der Waals surface area contributed by atoms with Gasteiger partial charge in [-0.05, 0) is 17.7 Å². The van der Waals surface area contributed by atoms with Gasteiger partial charge in [0.15, 0.2) is 0 Å². The third-order valence-electron chi connectivity index (χ3n) is 3.70. The van der Waals surface area contributed by atoms with Gasteiger partial charge in [0, 0.05) is 25.3 Å². The molecule has 23 heavy (non-hydrogen) atoms. The summed E-state index contributed by atoms with van der Waals surface area (Å²) in [5.74, 6) is -3.24. The van der Waals surface area contributed by atoms with Crippen LogP contribution in [0, 0.1) is 5.92 Å². The fraction of sp³-hybridized carbons (Fsp3) is 0.429. The van der Waals surface area contributed by atoms with Crippen molar-refractivity contribution in [3.8, 4) is 5.75 Å². The largest absolute Gasteiger partial charge is 0.508 e. The van der Waals surface area contributed by atoms with E-state index in [1.807, 2.05) is 0 Å². The Morgan fingerprint density at radius 2 is 1.96 bits per heavy atom. The van der Waals surface area contributed by atoms with Gasteiger partial charge in [-0.3, -0.25) is 4.79 Å². The molecule has 1 fully saturated rings. The zero-order chi connectivity index (χ0) is 17.2. The van der Waals surface area contributed by atoms with Crippen LogP contribution >= 0.6 is 0 Å². The molecule has 1 saturated heterocycles. The number of carboxylic acids is 1. The molecule has 0 radical (unpaired) electrons. The van der Waals surface area contributed by atoms with Crippen LogP contribution in [0.3, 0.4) is 0 Å². The molecule has 7 nitrogen and oxygen atoms in total. The molecule has 0 spiro atoms. The molecule has 1 aromatic rings. The zero-order valence-electron chi connectivity index (χ0n) is 12.1. The number of carbonyl (C=O) groups is 2. The van der Waals surface area contributed by atoms with Crippen LogP contribution in [-0.2, 0) is 26.2 Å². The fourth-order valence-corrected chi connectivity index (χ4v) is 3.48. The smallest absolute Gasteiger partial charge is 0.326 e. The van der Waals surface area contributed by atoms with Crippen LogP contribution in [0.4, 0.5) is 3.89 Å². The summed E-state index contributed by atoms with van der Waals surface area (Å²) in [6.45, 7) is -0.114. The van der Waals surface area contributed by atoms with Crippen molar-refractivity contribution in [3.63, 3.8) is 0 Å². The number of phenolic OH excluding ortho intramolecular Hbond substituents is 1. The zero-order valence-corrected chi connectivity index (χ0v) is 12.9. The maximum Gasteiger partial charge on any atom is 0.326 e. The highest BCUT2D eigenvalue weighted by molar-refractivity contribution is 7.86. The second-order valence-electron chi connectivity index (χ2n) is 5.55. The van der Waals surface area contributed by atoms with Gasteiger partial charge in [0.2, 0.25) is 5.91 Å². The number of hydrogen-bond donors (Lipinski definition) is 2. The van der Waals surface area contributed by atoms with Gasteiger partial charge in [-0.1, -0.05) is 12.1 Å². The van der Waals surface area contributed by atoms with E-state index in [-0.39, 0.29) is 25.1 Å². The Morgan fingerprint density at radius 3 is 2.48 bits per heavy atom. The van der Waals surface area contributed by atoms with Crippen LogP contribution in [0.2, 0.25) is 0 Å². The highest BCUT2D eigenvalue weighted by Crippen LogP contribution is 2.24. The van der Waals surface area contributed by atoms with Gasteiger partial charge in [-0.15, -0.1) is 3.89 Å². The van der Waals surface area contributed by atoms with Gasteiger partial charge in [0.25, 0.3) is 0 Å². The minimum atomic E-state index is -4.72. The first-order valence-corrected chi connectivity index (χ1v) is 8.43. The fourth-order valence-electron chi connectivity index (χ4n) is 2.69. The van der Waals surface area contributed by atoms with Crippen molar-refractivity contribution >= 4 is 22.1 Å². The quantitative estimate of drug-likeness (QED) is 0.728. The molecule has 0 aliphatic carbocycles. The summed E-state index contributed by atoms with van der Waals surface area (Å²) in [6, 6.07) is 4.71. The minimum absolute atomic E-state index is 0.0104. The second-order valence-corrected chi connectivity index (χ2v) is 6.96. The van der Waals surface area contributed by atoms with E-state index in [9.17, 15) is 32.1 Å². The molecule has 9 heteroatoms. The van der Waals surface area contributed by atoms with E-state index in [1.165, 1.54) is 24.3 Å². The number of carbonyl (C=O) groups excluding carboxylic acids is 1. The van der Waals surface area contributed by atoms with Gasteiger partial charge in [0.1, 0.15) is 11.8 Å². The summed E-state index contributed by atoms with van der Waals surface area (Å²) < 4.78 is 34.1. The maximum absolute atomic E-state index is 12.7. The molecule has 1 unspecified atom stereocenters. The monoisotopic (exact) mass is 345 g/mol. The third-order valence-corrected chi connectivity index (χ3v) is 4.57. The number of halogens is 1. The predicted molar refractivity (Wildman–Crippen MR) is 77.9 cm³/mol. The molecule has 2 atom stereocenters. The summed E-state index contributed by atoms with van der Waals surface area (Å²) >= 11 is 0. The van der Waals surface area contributed by atoms with Crippen molar-refractivity contribution in [2.45, 2.75) is 18.9 Å². The summed E-state index contributed by atoms with van der Waals surface area (Å²) in [6.07, 6.45) is -0.182. The molecule has 1 amide bonds. The number of aliphatic carboxylic acids is 1. The van der Waals surface area contributed by atoms with Crippen LogP contribution in [0.5, 0.6) is 5.75 Å². The van der Waals surface area contributed by atoms with E-state index in [0.29, 0.717) is 5.56 Å². The first-order valence-electron chi connectivity index (χ1n) is 6.88. The van der Waals surface area contributed by atoms with Crippen molar-refractivity contribution in [1.29, 1.82) is 0 Å². The number of phenols is 1. The highest BCUT2D eigenvalue weighted by Gasteiger charge is 2.39. The SMILES string of the molecule is O=C(O)[C@H](Cc1ccc(O)cc1)N1CC(CS(=O)(=O)F)CC1=O. The van der Waals surface area contributed by atoms with E-state index in [4.69, 9.17) is 0 Å². The van der Waals surface area contributed by atoms with E-state index in [0.717, 1.165) is 4.90 Å². The van der Waals surface area contributed by atoms with Crippen LogP contribution in [0.1, 0.15) is 12.0 Å². The van der Waals surface area contributed by atoms with Crippen LogP contribution in [0.25, 0.3) is 0 Å². The summed E-state index contributed by atoms with van der Waals surface area (Å²) in [7, 11) is -4.72. The second kappa shape index (κ2) is 6.53. The molecule has 1 aliphatic rings. The Labute approximate surface area is 132 Å². The van der Waals surface area contributed by atoms with Crippen LogP contribution in [-0.4, -0.2) is 53.7 Å².